The maximum Gasteiger partial charge on any atom is 0.0461 e. The second-order valence-electron chi connectivity index (χ2n) is 4.06. The van der Waals surface area contributed by atoms with E-state index in [9.17, 15) is 0 Å². The summed E-state index contributed by atoms with van der Waals surface area (Å²) in [6.45, 7) is 3.19. The molecule has 3 N–H and O–H groups in total. The second kappa shape index (κ2) is 3.91. The van der Waals surface area contributed by atoms with Gasteiger partial charge in [-0.05, 0) is 46.0 Å². The van der Waals surface area contributed by atoms with Crippen LogP contribution in [0.5, 0.6) is 0 Å². The van der Waals surface area contributed by atoms with Gasteiger partial charge >= 0.3 is 0 Å². The predicted octanol–water partition coefficient (Wildman–Crippen LogP) is 2.53. The van der Waals surface area contributed by atoms with Gasteiger partial charge in [-0.15, -0.1) is 0 Å². The molecule has 14 heavy (non-hydrogen) atoms. The molecule has 0 amide bonds. The summed E-state index contributed by atoms with van der Waals surface area (Å²) in [5, 5.41) is 3.50. The maximum absolute atomic E-state index is 5.80. The summed E-state index contributed by atoms with van der Waals surface area (Å²) in [5.74, 6) is 0.850. The molecule has 0 spiro atoms. The van der Waals surface area contributed by atoms with Crippen LogP contribution in [0.1, 0.15) is 18.9 Å². The van der Waals surface area contributed by atoms with Crippen LogP contribution in [0, 0.1) is 5.92 Å². The first-order valence-corrected chi connectivity index (χ1v) is 5.73. The quantitative estimate of drug-likeness (QED) is 0.814. The minimum Gasteiger partial charge on any atom is -0.398 e. The van der Waals surface area contributed by atoms with Crippen molar-refractivity contribution < 1.29 is 0 Å². The van der Waals surface area contributed by atoms with E-state index in [4.69, 9.17) is 5.73 Å². The number of halogens is 1. The lowest BCUT2D eigenvalue weighted by Crippen LogP contribution is -2.17. The fraction of sp³-hybridized carbons (Fsp3) is 0.455. The molecule has 2 nitrogen and oxygen atoms in total. The van der Waals surface area contributed by atoms with Crippen LogP contribution >= 0.6 is 15.9 Å². The Bertz CT molecular complexity index is 338. The molecule has 0 saturated heterocycles. The van der Waals surface area contributed by atoms with Crippen LogP contribution in [-0.2, 0) is 6.54 Å². The average molecular weight is 255 g/mol. The molecule has 1 saturated carbocycles. The van der Waals surface area contributed by atoms with E-state index < -0.39 is 0 Å². The SMILES string of the molecule is CC1CC1NCc1ccc(Br)c(N)c1. The minimum absolute atomic E-state index is 0.722. The molecule has 1 fully saturated rings. The summed E-state index contributed by atoms with van der Waals surface area (Å²) < 4.78 is 0.973. The number of benzene rings is 1. The van der Waals surface area contributed by atoms with E-state index in [-0.39, 0.29) is 0 Å². The van der Waals surface area contributed by atoms with Crippen LogP contribution in [0.25, 0.3) is 0 Å². The average Bonchev–Trinajstić information content (AvgIpc) is 2.85. The van der Waals surface area contributed by atoms with Gasteiger partial charge in [0.25, 0.3) is 0 Å². The standard InChI is InChI=1S/C11H15BrN2/c1-7-4-11(7)14-6-8-2-3-9(12)10(13)5-8/h2-3,5,7,11,14H,4,6,13H2,1H3. The molecule has 1 aliphatic rings. The summed E-state index contributed by atoms with van der Waals surface area (Å²) >= 11 is 3.39. The van der Waals surface area contributed by atoms with E-state index in [1.165, 1.54) is 12.0 Å². The van der Waals surface area contributed by atoms with Crippen molar-refractivity contribution in [2.75, 3.05) is 5.73 Å². The van der Waals surface area contributed by atoms with E-state index in [1.807, 2.05) is 12.1 Å². The highest BCUT2D eigenvalue weighted by Crippen LogP contribution is 2.29. The highest BCUT2D eigenvalue weighted by molar-refractivity contribution is 9.10. The molecular formula is C11H15BrN2. The first kappa shape index (κ1) is 9.99. The van der Waals surface area contributed by atoms with Crippen molar-refractivity contribution >= 4 is 21.6 Å². The Balaban J connectivity index is 1.92. The van der Waals surface area contributed by atoms with E-state index in [2.05, 4.69) is 34.2 Å². The lowest BCUT2D eigenvalue weighted by molar-refractivity contribution is 0.653. The summed E-state index contributed by atoms with van der Waals surface area (Å²) in [4.78, 5) is 0. The number of nitrogen functional groups attached to an aromatic ring is 1. The van der Waals surface area contributed by atoms with Crippen molar-refractivity contribution in [2.45, 2.75) is 25.9 Å². The lowest BCUT2D eigenvalue weighted by Gasteiger charge is -2.05. The van der Waals surface area contributed by atoms with E-state index in [0.29, 0.717) is 0 Å². The maximum atomic E-state index is 5.80. The van der Waals surface area contributed by atoms with Crippen LogP contribution in [0.4, 0.5) is 5.69 Å². The highest BCUT2D eigenvalue weighted by Gasteiger charge is 2.31. The molecule has 2 unspecified atom stereocenters. The van der Waals surface area contributed by atoms with Gasteiger partial charge < -0.3 is 11.1 Å². The van der Waals surface area contributed by atoms with Gasteiger partial charge in [0.1, 0.15) is 0 Å². The Morgan fingerprint density at radius 2 is 2.29 bits per heavy atom. The summed E-state index contributed by atoms with van der Waals surface area (Å²) in [6, 6.07) is 6.84. The van der Waals surface area contributed by atoms with Crippen molar-refractivity contribution in [3.05, 3.63) is 28.2 Å². The molecule has 1 aliphatic carbocycles. The number of hydrogen-bond donors (Lipinski definition) is 2. The molecule has 76 valence electrons. The molecular weight excluding hydrogens is 240 g/mol. The molecule has 3 heteroatoms. The van der Waals surface area contributed by atoms with Crippen LogP contribution < -0.4 is 11.1 Å². The monoisotopic (exact) mass is 254 g/mol. The zero-order chi connectivity index (χ0) is 10.1. The molecule has 0 radical (unpaired) electrons. The number of nitrogens with two attached hydrogens (primary N) is 1. The Hall–Kier alpha value is -0.540. The molecule has 2 atom stereocenters. The highest BCUT2D eigenvalue weighted by atomic mass is 79.9. The molecule has 2 rings (SSSR count). The van der Waals surface area contributed by atoms with E-state index in [1.54, 1.807) is 0 Å². The predicted molar refractivity (Wildman–Crippen MR) is 63.0 cm³/mol. The number of anilines is 1. The van der Waals surface area contributed by atoms with Crippen molar-refractivity contribution in [3.63, 3.8) is 0 Å². The number of hydrogen-bond acceptors (Lipinski definition) is 2. The van der Waals surface area contributed by atoms with E-state index >= 15 is 0 Å². The van der Waals surface area contributed by atoms with Crippen molar-refractivity contribution in [1.82, 2.24) is 5.32 Å². The van der Waals surface area contributed by atoms with Gasteiger partial charge in [-0.3, -0.25) is 0 Å². The Labute approximate surface area is 93.0 Å². The van der Waals surface area contributed by atoms with Crippen LogP contribution in [0.15, 0.2) is 22.7 Å². The van der Waals surface area contributed by atoms with Gasteiger partial charge in [-0.1, -0.05) is 13.0 Å². The molecule has 0 aliphatic heterocycles. The van der Waals surface area contributed by atoms with Gasteiger partial charge in [-0.2, -0.15) is 0 Å². The lowest BCUT2D eigenvalue weighted by atomic mass is 10.2. The van der Waals surface area contributed by atoms with Crippen LogP contribution in [-0.4, -0.2) is 6.04 Å². The Morgan fingerprint density at radius 3 is 2.86 bits per heavy atom. The topological polar surface area (TPSA) is 38.0 Å². The number of nitrogens with one attached hydrogen (secondary N) is 1. The van der Waals surface area contributed by atoms with Crippen molar-refractivity contribution in [2.24, 2.45) is 5.92 Å². The van der Waals surface area contributed by atoms with Gasteiger partial charge in [0, 0.05) is 22.7 Å². The third-order valence-corrected chi connectivity index (χ3v) is 3.46. The normalized spacial score (nSPS) is 25.0. The fourth-order valence-corrected chi connectivity index (χ4v) is 1.81. The third-order valence-electron chi connectivity index (χ3n) is 2.74. The summed E-state index contributed by atoms with van der Waals surface area (Å²) in [6.07, 6.45) is 1.31. The first-order chi connectivity index (χ1) is 6.66. The smallest absolute Gasteiger partial charge is 0.0461 e. The molecule has 0 aromatic heterocycles. The van der Waals surface area contributed by atoms with Gasteiger partial charge in [0.15, 0.2) is 0 Å². The van der Waals surface area contributed by atoms with Crippen molar-refractivity contribution in [3.8, 4) is 0 Å². The largest absolute Gasteiger partial charge is 0.398 e. The molecule has 1 aromatic rings. The van der Waals surface area contributed by atoms with Crippen molar-refractivity contribution in [1.29, 1.82) is 0 Å². The minimum atomic E-state index is 0.722. The van der Waals surface area contributed by atoms with E-state index in [0.717, 1.165) is 28.7 Å². The fourth-order valence-electron chi connectivity index (χ4n) is 1.56. The Kier molecular flexibility index (Phi) is 2.79. The van der Waals surface area contributed by atoms with Gasteiger partial charge in [-0.25, -0.2) is 0 Å². The summed E-state index contributed by atoms with van der Waals surface area (Å²) in [7, 11) is 0. The van der Waals surface area contributed by atoms with Crippen LogP contribution in [0.2, 0.25) is 0 Å². The number of rotatable bonds is 3. The third kappa shape index (κ3) is 2.28. The second-order valence-corrected chi connectivity index (χ2v) is 4.91. The molecule has 0 bridgehead atoms. The zero-order valence-corrected chi connectivity index (χ0v) is 9.84. The van der Waals surface area contributed by atoms with Gasteiger partial charge in [0.2, 0.25) is 0 Å². The summed E-state index contributed by atoms with van der Waals surface area (Å²) in [5.41, 5.74) is 7.86. The molecule has 0 heterocycles. The zero-order valence-electron chi connectivity index (χ0n) is 8.26. The Morgan fingerprint density at radius 1 is 1.57 bits per heavy atom. The van der Waals surface area contributed by atoms with Crippen LogP contribution in [0.3, 0.4) is 0 Å². The van der Waals surface area contributed by atoms with Gasteiger partial charge in [0.05, 0.1) is 0 Å². The molecule has 1 aromatic carbocycles. The first-order valence-electron chi connectivity index (χ1n) is 4.94.